The first-order chi connectivity index (χ1) is 13.0. The van der Waals surface area contributed by atoms with Crippen LogP contribution in [-0.2, 0) is 13.1 Å². The van der Waals surface area contributed by atoms with E-state index in [9.17, 15) is 0 Å². The maximum atomic E-state index is 5.43. The first-order valence-corrected chi connectivity index (χ1v) is 9.64. The first-order valence-electron chi connectivity index (χ1n) is 8.44. The monoisotopic (exact) mass is 443 g/mol. The molecule has 3 aromatic heterocycles. The summed E-state index contributed by atoms with van der Waals surface area (Å²) in [7, 11) is 0. The molecule has 0 unspecified atom stereocenters. The van der Waals surface area contributed by atoms with Gasteiger partial charge in [0.25, 0.3) is 0 Å². The quantitative estimate of drug-likeness (QED) is 0.476. The van der Waals surface area contributed by atoms with Gasteiger partial charge >= 0.3 is 0 Å². The summed E-state index contributed by atoms with van der Waals surface area (Å²) in [5.41, 5.74) is 4.35. The van der Waals surface area contributed by atoms with E-state index in [1.807, 2.05) is 27.1 Å². The summed E-state index contributed by atoms with van der Waals surface area (Å²) in [6.07, 6.45) is 5.55. The Morgan fingerprint density at radius 1 is 1.07 bits per heavy atom. The van der Waals surface area contributed by atoms with Gasteiger partial charge in [-0.2, -0.15) is 15.3 Å². The third-order valence-corrected chi connectivity index (χ3v) is 5.47. The topological polar surface area (TPSA) is 69.2 Å². The van der Waals surface area contributed by atoms with E-state index in [0.717, 1.165) is 21.7 Å². The van der Waals surface area contributed by atoms with Crippen LogP contribution in [0.3, 0.4) is 0 Å². The van der Waals surface area contributed by atoms with Gasteiger partial charge in [0.2, 0.25) is 0 Å². The summed E-state index contributed by atoms with van der Waals surface area (Å²) in [6.45, 7) is 5.29. The molecular formula is C18H18BrN7S. The molecule has 9 heteroatoms. The van der Waals surface area contributed by atoms with Crippen LogP contribution in [0, 0.1) is 18.6 Å². The van der Waals surface area contributed by atoms with E-state index in [4.69, 9.17) is 12.2 Å². The van der Waals surface area contributed by atoms with Crippen molar-refractivity contribution in [1.82, 2.24) is 34.3 Å². The van der Waals surface area contributed by atoms with Crippen LogP contribution < -0.4 is 0 Å². The number of rotatable bonds is 5. The molecule has 4 rings (SSSR count). The Hall–Kier alpha value is -2.52. The second kappa shape index (κ2) is 7.24. The number of aryl methyl sites for hydroxylation is 1. The number of nitrogens with one attached hydrogen (secondary N) is 1. The van der Waals surface area contributed by atoms with Crippen molar-refractivity contribution < 1.29 is 0 Å². The van der Waals surface area contributed by atoms with Crippen molar-refractivity contribution in [2.45, 2.75) is 26.9 Å². The second-order valence-corrected chi connectivity index (χ2v) is 7.64. The number of halogens is 1. The minimum absolute atomic E-state index is 0.508. The van der Waals surface area contributed by atoms with Gasteiger partial charge in [-0.3, -0.25) is 19.0 Å². The lowest BCUT2D eigenvalue weighted by molar-refractivity contribution is 0.626. The number of hydrogen-bond donors (Lipinski definition) is 1. The number of benzene rings is 1. The second-order valence-electron chi connectivity index (χ2n) is 6.40. The van der Waals surface area contributed by atoms with Crippen molar-refractivity contribution in [1.29, 1.82) is 0 Å². The molecule has 1 aromatic carbocycles. The number of nitrogens with zero attached hydrogens (tertiary/aromatic N) is 6. The Labute approximate surface area is 169 Å². The highest BCUT2D eigenvalue weighted by atomic mass is 79.9. The Kier molecular flexibility index (Phi) is 4.79. The van der Waals surface area contributed by atoms with Crippen molar-refractivity contribution in [3.63, 3.8) is 0 Å². The van der Waals surface area contributed by atoms with E-state index in [-0.39, 0.29) is 0 Å². The van der Waals surface area contributed by atoms with Gasteiger partial charge < -0.3 is 0 Å². The fourth-order valence-electron chi connectivity index (χ4n) is 2.85. The molecule has 0 amide bonds. The first kappa shape index (κ1) is 17.9. The van der Waals surface area contributed by atoms with Crippen LogP contribution in [0.15, 0.2) is 47.3 Å². The summed E-state index contributed by atoms with van der Waals surface area (Å²) < 4.78 is 7.16. The lowest BCUT2D eigenvalue weighted by atomic mass is 10.1. The van der Waals surface area contributed by atoms with Gasteiger partial charge in [0, 0.05) is 6.20 Å². The highest BCUT2D eigenvalue weighted by Crippen LogP contribution is 2.17. The Bertz CT molecular complexity index is 1130. The fraction of sp³-hybridized carbons (Fsp3) is 0.222. The van der Waals surface area contributed by atoms with Gasteiger partial charge in [0.15, 0.2) is 10.6 Å². The van der Waals surface area contributed by atoms with Gasteiger partial charge in [0.05, 0.1) is 34.8 Å². The third kappa shape index (κ3) is 3.65. The highest BCUT2D eigenvalue weighted by Gasteiger charge is 2.13. The van der Waals surface area contributed by atoms with Crippen molar-refractivity contribution in [3.8, 4) is 5.69 Å². The van der Waals surface area contributed by atoms with E-state index in [2.05, 4.69) is 67.5 Å². The zero-order valence-electron chi connectivity index (χ0n) is 14.9. The molecule has 0 radical (unpaired) electrons. The molecule has 0 saturated carbocycles. The van der Waals surface area contributed by atoms with Crippen molar-refractivity contribution >= 4 is 28.1 Å². The van der Waals surface area contributed by atoms with Crippen LogP contribution in [0.2, 0.25) is 0 Å². The Morgan fingerprint density at radius 3 is 2.56 bits per heavy atom. The summed E-state index contributed by atoms with van der Waals surface area (Å²) in [5, 5.41) is 16.1. The lowest BCUT2D eigenvalue weighted by Gasteiger charge is -2.06. The van der Waals surface area contributed by atoms with Gasteiger partial charge in [-0.1, -0.05) is 29.8 Å². The van der Waals surface area contributed by atoms with Crippen molar-refractivity contribution in [2.75, 3.05) is 0 Å². The molecule has 4 aromatic rings. The zero-order valence-corrected chi connectivity index (χ0v) is 17.3. The SMILES string of the molecule is Cc1ccc(Cn2cc(-n3c(Cn4ncc(Br)c4C)n[nH]c3=S)cn2)cc1. The van der Waals surface area contributed by atoms with Gasteiger partial charge in [-0.05, 0) is 47.6 Å². The molecule has 3 heterocycles. The molecule has 0 aliphatic heterocycles. The van der Waals surface area contributed by atoms with Crippen LogP contribution in [0.4, 0.5) is 0 Å². The maximum absolute atomic E-state index is 5.43. The Balaban J connectivity index is 1.61. The maximum Gasteiger partial charge on any atom is 0.200 e. The molecule has 7 nitrogen and oxygen atoms in total. The predicted octanol–water partition coefficient (Wildman–Crippen LogP) is 3.80. The van der Waals surface area contributed by atoms with E-state index in [1.165, 1.54) is 11.1 Å². The van der Waals surface area contributed by atoms with E-state index in [1.54, 1.807) is 12.4 Å². The minimum Gasteiger partial charge on any atom is -0.267 e. The predicted molar refractivity (Wildman–Crippen MR) is 109 cm³/mol. The lowest BCUT2D eigenvalue weighted by Crippen LogP contribution is -2.10. The molecule has 0 bridgehead atoms. The number of aromatic amines is 1. The molecule has 0 aliphatic rings. The van der Waals surface area contributed by atoms with Crippen LogP contribution in [0.25, 0.3) is 5.69 Å². The molecule has 138 valence electrons. The van der Waals surface area contributed by atoms with Gasteiger partial charge in [-0.25, -0.2) is 0 Å². The average molecular weight is 444 g/mol. The summed E-state index contributed by atoms with van der Waals surface area (Å²) in [5.74, 6) is 0.772. The van der Waals surface area contributed by atoms with Crippen LogP contribution in [0.1, 0.15) is 22.6 Å². The zero-order chi connectivity index (χ0) is 19.0. The number of H-pyrrole nitrogens is 1. The molecular weight excluding hydrogens is 426 g/mol. The van der Waals surface area contributed by atoms with Gasteiger partial charge in [0.1, 0.15) is 6.54 Å². The molecule has 0 fully saturated rings. The normalized spacial score (nSPS) is 11.2. The highest BCUT2D eigenvalue weighted by molar-refractivity contribution is 9.10. The summed E-state index contributed by atoms with van der Waals surface area (Å²) in [6, 6.07) is 8.44. The molecule has 0 atom stereocenters. The standard InChI is InChI=1S/C18H18BrN7S/c1-12-3-5-14(6-4-12)9-24-10-15(7-20-24)26-17(22-23-18(26)27)11-25-13(2)16(19)8-21-25/h3-8,10H,9,11H2,1-2H3,(H,23,27). The van der Waals surface area contributed by atoms with Crippen molar-refractivity contribution in [3.05, 3.63) is 74.7 Å². The van der Waals surface area contributed by atoms with Crippen LogP contribution in [0.5, 0.6) is 0 Å². The summed E-state index contributed by atoms with van der Waals surface area (Å²) >= 11 is 8.92. The molecule has 0 spiro atoms. The van der Waals surface area contributed by atoms with Gasteiger partial charge in [-0.15, -0.1) is 0 Å². The number of hydrogen-bond acceptors (Lipinski definition) is 4. The van der Waals surface area contributed by atoms with Crippen molar-refractivity contribution in [2.24, 2.45) is 0 Å². The largest absolute Gasteiger partial charge is 0.267 e. The Morgan fingerprint density at radius 2 is 1.85 bits per heavy atom. The molecule has 1 N–H and O–H groups in total. The van der Waals surface area contributed by atoms with E-state index >= 15 is 0 Å². The van der Waals surface area contributed by atoms with E-state index < -0.39 is 0 Å². The number of aromatic nitrogens is 7. The fourth-order valence-corrected chi connectivity index (χ4v) is 3.41. The summed E-state index contributed by atoms with van der Waals surface area (Å²) in [4.78, 5) is 0. The average Bonchev–Trinajstić information content (AvgIpc) is 3.33. The van der Waals surface area contributed by atoms with E-state index in [0.29, 0.717) is 17.9 Å². The molecule has 0 saturated heterocycles. The minimum atomic E-state index is 0.508. The third-order valence-electron chi connectivity index (χ3n) is 4.42. The van der Waals surface area contributed by atoms with Crippen LogP contribution in [-0.4, -0.2) is 34.3 Å². The molecule has 27 heavy (non-hydrogen) atoms. The van der Waals surface area contributed by atoms with Crippen LogP contribution >= 0.6 is 28.1 Å². The molecule has 0 aliphatic carbocycles. The smallest absolute Gasteiger partial charge is 0.200 e.